The Morgan fingerprint density at radius 3 is 2.93 bits per heavy atom. The van der Waals surface area contributed by atoms with Crippen LogP contribution in [0.25, 0.3) is 0 Å². The number of hydrogen-bond donors (Lipinski definition) is 1. The van der Waals surface area contributed by atoms with Gasteiger partial charge in [0.05, 0.1) is 6.10 Å². The van der Waals surface area contributed by atoms with Gasteiger partial charge >= 0.3 is 0 Å². The summed E-state index contributed by atoms with van der Waals surface area (Å²) in [5.41, 5.74) is 0. The molecule has 1 unspecified atom stereocenters. The fourth-order valence-electron chi connectivity index (χ4n) is 1.99. The Hall–Kier alpha value is -0.680. The number of aromatic nitrogens is 2. The van der Waals surface area contributed by atoms with E-state index in [1.54, 1.807) is 0 Å². The summed E-state index contributed by atoms with van der Waals surface area (Å²) in [5, 5.41) is 10.6. The molecule has 0 radical (unpaired) electrons. The van der Waals surface area contributed by atoms with Crippen molar-refractivity contribution >= 4 is 16.7 Å². The van der Waals surface area contributed by atoms with Gasteiger partial charge in [-0.25, -0.2) is 4.98 Å². The van der Waals surface area contributed by atoms with Crippen LogP contribution in [0, 0.1) is 0 Å². The summed E-state index contributed by atoms with van der Waals surface area (Å²) in [4.78, 5) is 6.72. The van der Waals surface area contributed by atoms with Gasteiger partial charge < -0.3 is 10.0 Å². The predicted molar refractivity (Wildman–Crippen MR) is 59.3 cm³/mol. The molecule has 0 bridgehead atoms. The van der Waals surface area contributed by atoms with E-state index in [0.29, 0.717) is 5.92 Å². The quantitative estimate of drug-likeness (QED) is 0.826. The number of rotatable bonds is 2. The van der Waals surface area contributed by atoms with Crippen LogP contribution < -0.4 is 4.90 Å². The van der Waals surface area contributed by atoms with E-state index in [0.717, 1.165) is 36.9 Å². The van der Waals surface area contributed by atoms with Gasteiger partial charge in [0.15, 0.2) is 0 Å². The molecule has 1 saturated carbocycles. The molecule has 1 N–H and O–H groups in total. The monoisotopic (exact) mass is 225 g/mol. The molecular weight excluding hydrogens is 210 g/mol. The highest BCUT2D eigenvalue weighted by atomic mass is 32.1. The smallest absolute Gasteiger partial charge is 0.205 e. The molecular formula is C10H15N3OS. The number of aliphatic hydroxyl groups excluding tert-OH is 1. The molecule has 3 rings (SSSR count). The van der Waals surface area contributed by atoms with E-state index in [2.05, 4.69) is 14.3 Å². The summed E-state index contributed by atoms with van der Waals surface area (Å²) in [6.07, 6.45) is 4.29. The van der Waals surface area contributed by atoms with E-state index >= 15 is 0 Å². The third-order valence-corrected chi connectivity index (χ3v) is 3.83. The molecule has 2 heterocycles. The second-order valence-corrected chi connectivity index (χ2v) is 5.18. The highest BCUT2D eigenvalue weighted by Gasteiger charge is 2.29. The molecule has 4 nitrogen and oxygen atoms in total. The first-order valence-corrected chi connectivity index (χ1v) is 6.37. The molecule has 0 amide bonds. The summed E-state index contributed by atoms with van der Waals surface area (Å²) < 4.78 is 4.39. The van der Waals surface area contributed by atoms with Crippen molar-refractivity contribution in [3.8, 4) is 0 Å². The first kappa shape index (κ1) is 9.54. The van der Waals surface area contributed by atoms with Crippen molar-refractivity contribution in [3.05, 3.63) is 5.82 Å². The van der Waals surface area contributed by atoms with Crippen LogP contribution in [0.3, 0.4) is 0 Å². The lowest BCUT2D eigenvalue weighted by Crippen LogP contribution is -2.38. The number of hydrogen-bond acceptors (Lipinski definition) is 5. The van der Waals surface area contributed by atoms with E-state index in [4.69, 9.17) is 0 Å². The lowest BCUT2D eigenvalue weighted by Gasteiger charge is -2.29. The van der Waals surface area contributed by atoms with Gasteiger partial charge in [-0.3, -0.25) is 0 Å². The largest absolute Gasteiger partial charge is 0.391 e. The van der Waals surface area contributed by atoms with E-state index in [9.17, 15) is 5.11 Å². The molecule has 82 valence electrons. The number of anilines is 1. The Morgan fingerprint density at radius 1 is 1.33 bits per heavy atom. The Kier molecular flexibility index (Phi) is 2.36. The summed E-state index contributed by atoms with van der Waals surface area (Å²) in [7, 11) is 0. The number of β-amino-alcohol motifs (C(OH)–C–C–N with tert-alkyl or cyclic N) is 1. The van der Waals surface area contributed by atoms with Gasteiger partial charge in [0, 0.05) is 30.5 Å². The zero-order chi connectivity index (χ0) is 10.3. The van der Waals surface area contributed by atoms with Crippen molar-refractivity contribution < 1.29 is 5.11 Å². The molecule has 1 aliphatic carbocycles. The van der Waals surface area contributed by atoms with Gasteiger partial charge in [-0.15, -0.1) is 0 Å². The second-order valence-electron chi connectivity index (χ2n) is 4.45. The van der Waals surface area contributed by atoms with Crippen LogP contribution in [0.15, 0.2) is 0 Å². The predicted octanol–water partition coefficient (Wildman–Crippen LogP) is 1.38. The Balaban J connectivity index is 1.73. The maximum atomic E-state index is 9.58. The SMILES string of the molecule is OC1CCCN(c2nc(C3CC3)ns2)C1. The lowest BCUT2D eigenvalue weighted by molar-refractivity contribution is 0.154. The molecule has 0 spiro atoms. The Bertz CT molecular complexity index is 350. The van der Waals surface area contributed by atoms with E-state index in [1.807, 2.05) is 0 Å². The molecule has 1 atom stereocenters. The minimum Gasteiger partial charge on any atom is -0.391 e. The van der Waals surface area contributed by atoms with Gasteiger partial charge in [-0.05, 0) is 25.7 Å². The van der Waals surface area contributed by atoms with Crippen molar-refractivity contribution in [2.24, 2.45) is 0 Å². The summed E-state index contributed by atoms with van der Waals surface area (Å²) in [5.74, 6) is 1.65. The van der Waals surface area contributed by atoms with Gasteiger partial charge in [0.1, 0.15) is 5.82 Å². The molecule has 1 saturated heterocycles. The molecule has 5 heteroatoms. The average Bonchev–Trinajstić information content (AvgIpc) is 2.97. The third kappa shape index (κ3) is 1.99. The summed E-state index contributed by atoms with van der Waals surface area (Å²) in [6, 6.07) is 0. The minimum atomic E-state index is -0.188. The first-order valence-electron chi connectivity index (χ1n) is 5.59. The van der Waals surface area contributed by atoms with E-state index in [1.165, 1.54) is 24.4 Å². The second kappa shape index (κ2) is 3.72. The molecule has 1 aromatic rings. The van der Waals surface area contributed by atoms with Crippen molar-refractivity contribution in [2.45, 2.75) is 37.7 Å². The maximum Gasteiger partial charge on any atom is 0.205 e. The Labute approximate surface area is 93.1 Å². The number of aliphatic hydroxyl groups is 1. The maximum absolute atomic E-state index is 9.58. The lowest BCUT2D eigenvalue weighted by atomic mass is 10.1. The summed E-state index contributed by atoms with van der Waals surface area (Å²) >= 11 is 1.48. The normalized spacial score (nSPS) is 27.0. The zero-order valence-electron chi connectivity index (χ0n) is 8.59. The fraction of sp³-hybridized carbons (Fsp3) is 0.800. The standard InChI is InChI=1S/C10H15N3OS/c14-8-2-1-5-13(6-8)10-11-9(12-15-10)7-3-4-7/h7-8,14H,1-6H2. The fourth-order valence-corrected chi connectivity index (χ4v) is 2.77. The van der Waals surface area contributed by atoms with Crippen LogP contribution in [-0.2, 0) is 0 Å². The van der Waals surface area contributed by atoms with Crippen LogP contribution in [0.5, 0.6) is 0 Å². The van der Waals surface area contributed by atoms with Crippen LogP contribution in [0.1, 0.15) is 37.4 Å². The van der Waals surface area contributed by atoms with Crippen molar-refractivity contribution in [3.63, 3.8) is 0 Å². The highest BCUT2D eigenvalue weighted by Crippen LogP contribution is 2.39. The zero-order valence-corrected chi connectivity index (χ0v) is 9.41. The third-order valence-electron chi connectivity index (χ3n) is 3.04. The molecule has 15 heavy (non-hydrogen) atoms. The van der Waals surface area contributed by atoms with Crippen LogP contribution >= 0.6 is 11.5 Å². The van der Waals surface area contributed by atoms with Gasteiger partial charge in [-0.2, -0.15) is 4.37 Å². The molecule has 2 fully saturated rings. The van der Waals surface area contributed by atoms with Crippen molar-refractivity contribution in [1.29, 1.82) is 0 Å². The van der Waals surface area contributed by atoms with Crippen LogP contribution in [-0.4, -0.2) is 33.7 Å². The molecule has 1 aliphatic heterocycles. The number of nitrogens with zero attached hydrogens (tertiary/aromatic N) is 3. The number of piperidine rings is 1. The van der Waals surface area contributed by atoms with Crippen molar-refractivity contribution in [2.75, 3.05) is 18.0 Å². The van der Waals surface area contributed by atoms with Crippen LogP contribution in [0.2, 0.25) is 0 Å². The molecule has 0 aromatic carbocycles. The van der Waals surface area contributed by atoms with Crippen molar-refractivity contribution in [1.82, 2.24) is 9.36 Å². The van der Waals surface area contributed by atoms with Crippen LogP contribution in [0.4, 0.5) is 5.13 Å². The topological polar surface area (TPSA) is 49.2 Å². The average molecular weight is 225 g/mol. The van der Waals surface area contributed by atoms with Gasteiger partial charge in [0.25, 0.3) is 0 Å². The minimum absolute atomic E-state index is 0.188. The molecule has 2 aliphatic rings. The molecule has 1 aromatic heterocycles. The van der Waals surface area contributed by atoms with E-state index < -0.39 is 0 Å². The van der Waals surface area contributed by atoms with Gasteiger partial charge in [-0.1, -0.05) is 0 Å². The highest BCUT2D eigenvalue weighted by molar-refractivity contribution is 7.09. The van der Waals surface area contributed by atoms with E-state index in [-0.39, 0.29) is 6.10 Å². The van der Waals surface area contributed by atoms with Gasteiger partial charge in [0.2, 0.25) is 5.13 Å². The Morgan fingerprint density at radius 2 is 2.20 bits per heavy atom. The first-order chi connectivity index (χ1) is 7.33. The summed E-state index contributed by atoms with van der Waals surface area (Å²) in [6.45, 7) is 1.73.